The molecule has 1 aliphatic heterocycles. The van der Waals surface area contributed by atoms with Crippen molar-refractivity contribution in [3.8, 4) is 0 Å². The quantitative estimate of drug-likeness (QED) is 0.520. The summed E-state index contributed by atoms with van der Waals surface area (Å²) in [6, 6.07) is 10.3. The Morgan fingerprint density at radius 3 is 2.68 bits per heavy atom. The number of nitro groups is 1. The topological polar surface area (TPSA) is 96.7 Å². The summed E-state index contributed by atoms with van der Waals surface area (Å²) in [7, 11) is 1.50. The van der Waals surface area contributed by atoms with E-state index in [2.05, 4.69) is 37.5 Å². The molecule has 2 N–H and O–H groups in total. The predicted molar refractivity (Wildman–Crippen MR) is 111 cm³/mol. The standard InChI is InChI=1S/C19H21BrN4O4/c1-21-19(25)16-11-15(24(26)27)4-5-17(16)22-12-13-2-3-14(20)10-18(13)23-6-8-28-9-7-23/h2-5,10-11,22H,6-9,12H2,1H3,(H,21,25). The van der Waals surface area contributed by atoms with Crippen LogP contribution >= 0.6 is 15.9 Å². The summed E-state index contributed by atoms with van der Waals surface area (Å²) in [5.74, 6) is -0.379. The van der Waals surface area contributed by atoms with Crippen molar-refractivity contribution in [2.45, 2.75) is 6.54 Å². The first kappa shape index (κ1) is 20.1. The fraction of sp³-hybridized carbons (Fsp3) is 0.316. The van der Waals surface area contributed by atoms with Crippen molar-refractivity contribution < 1.29 is 14.5 Å². The van der Waals surface area contributed by atoms with Gasteiger partial charge in [-0.15, -0.1) is 0 Å². The first-order valence-electron chi connectivity index (χ1n) is 8.85. The first-order valence-corrected chi connectivity index (χ1v) is 9.64. The zero-order valence-electron chi connectivity index (χ0n) is 15.4. The van der Waals surface area contributed by atoms with Crippen molar-refractivity contribution in [3.05, 3.63) is 62.1 Å². The number of non-ortho nitro benzene ring substituents is 1. The normalized spacial score (nSPS) is 13.9. The van der Waals surface area contributed by atoms with E-state index in [0.717, 1.165) is 28.8 Å². The molecule has 8 nitrogen and oxygen atoms in total. The smallest absolute Gasteiger partial charge is 0.270 e. The molecule has 0 unspecified atom stereocenters. The third kappa shape index (κ3) is 4.60. The lowest BCUT2D eigenvalue weighted by Gasteiger charge is -2.31. The molecule has 0 atom stereocenters. The van der Waals surface area contributed by atoms with E-state index >= 15 is 0 Å². The van der Waals surface area contributed by atoms with Gasteiger partial charge in [-0.05, 0) is 23.8 Å². The van der Waals surface area contributed by atoms with Crippen molar-refractivity contribution in [3.63, 3.8) is 0 Å². The summed E-state index contributed by atoms with van der Waals surface area (Å²) in [4.78, 5) is 25.0. The largest absolute Gasteiger partial charge is 0.380 e. The average Bonchev–Trinajstić information content (AvgIpc) is 2.72. The van der Waals surface area contributed by atoms with Crippen molar-refractivity contribution in [2.24, 2.45) is 0 Å². The van der Waals surface area contributed by atoms with Gasteiger partial charge in [0, 0.05) is 54.7 Å². The number of morpholine rings is 1. The third-order valence-corrected chi connectivity index (χ3v) is 5.05. The number of nitrogens with one attached hydrogen (secondary N) is 2. The number of benzene rings is 2. The molecule has 0 bridgehead atoms. The zero-order chi connectivity index (χ0) is 20.1. The second-order valence-electron chi connectivity index (χ2n) is 6.29. The molecular weight excluding hydrogens is 428 g/mol. The van der Waals surface area contributed by atoms with Crippen LogP contribution in [0.2, 0.25) is 0 Å². The molecule has 0 aromatic heterocycles. The van der Waals surface area contributed by atoms with Crippen LogP contribution < -0.4 is 15.5 Å². The van der Waals surface area contributed by atoms with Crippen LogP contribution in [0, 0.1) is 10.1 Å². The summed E-state index contributed by atoms with van der Waals surface area (Å²) in [5, 5.41) is 16.8. The van der Waals surface area contributed by atoms with E-state index in [0.29, 0.717) is 25.4 Å². The molecule has 1 heterocycles. The number of hydrogen-bond acceptors (Lipinski definition) is 6. The Bertz CT molecular complexity index is 884. The third-order valence-electron chi connectivity index (χ3n) is 4.55. The molecule has 1 saturated heterocycles. The molecule has 2 aromatic rings. The predicted octanol–water partition coefficient (Wildman–Crippen LogP) is 3.17. The number of hydrogen-bond donors (Lipinski definition) is 2. The lowest BCUT2D eigenvalue weighted by atomic mass is 10.1. The molecule has 1 aliphatic rings. The number of amides is 1. The lowest BCUT2D eigenvalue weighted by molar-refractivity contribution is -0.384. The van der Waals surface area contributed by atoms with Crippen LogP contribution in [0.5, 0.6) is 0 Å². The molecule has 0 aliphatic carbocycles. The van der Waals surface area contributed by atoms with E-state index in [1.54, 1.807) is 6.07 Å². The number of anilines is 2. The van der Waals surface area contributed by atoms with Gasteiger partial charge in [-0.1, -0.05) is 22.0 Å². The first-order chi connectivity index (χ1) is 13.5. The number of carbonyl (C=O) groups is 1. The molecule has 2 aromatic carbocycles. The second-order valence-corrected chi connectivity index (χ2v) is 7.21. The van der Waals surface area contributed by atoms with Gasteiger partial charge in [0.1, 0.15) is 0 Å². The Balaban J connectivity index is 1.86. The molecule has 1 fully saturated rings. The zero-order valence-corrected chi connectivity index (χ0v) is 17.0. The van der Waals surface area contributed by atoms with Crippen molar-refractivity contribution in [1.82, 2.24) is 5.32 Å². The Morgan fingerprint density at radius 1 is 1.25 bits per heavy atom. The minimum absolute atomic E-state index is 0.123. The SMILES string of the molecule is CNC(=O)c1cc([N+](=O)[O-])ccc1NCc1ccc(Br)cc1N1CCOCC1. The van der Waals surface area contributed by atoms with Crippen LogP contribution in [0.1, 0.15) is 15.9 Å². The van der Waals surface area contributed by atoms with Crippen molar-refractivity contribution in [1.29, 1.82) is 0 Å². The number of nitro benzene ring substituents is 1. The minimum atomic E-state index is -0.512. The fourth-order valence-corrected chi connectivity index (χ4v) is 3.45. The Morgan fingerprint density at radius 2 is 2.00 bits per heavy atom. The van der Waals surface area contributed by atoms with E-state index in [4.69, 9.17) is 4.74 Å². The average molecular weight is 449 g/mol. The van der Waals surface area contributed by atoms with Crippen LogP contribution in [0.25, 0.3) is 0 Å². The van der Waals surface area contributed by atoms with Gasteiger partial charge in [0.05, 0.1) is 23.7 Å². The second kappa shape index (κ2) is 9.03. The maximum atomic E-state index is 12.2. The summed E-state index contributed by atoms with van der Waals surface area (Å²) in [6.45, 7) is 3.46. The highest BCUT2D eigenvalue weighted by atomic mass is 79.9. The van der Waals surface area contributed by atoms with Gasteiger partial charge in [0.2, 0.25) is 0 Å². The summed E-state index contributed by atoms with van der Waals surface area (Å²) in [6.07, 6.45) is 0. The van der Waals surface area contributed by atoms with Crippen LogP contribution in [0.15, 0.2) is 40.9 Å². The van der Waals surface area contributed by atoms with Gasteiger partial charge in [-0.25, -0.2) is 0 Å². The highest BCUT2D eigenvalue weighted by Gasteiger charge is 2.18. The molecule has 28 heavy (non-hydrogen) atoms. The molecule has 0 spiro atoms. The highest BCUT2D eigenvalue weighted by Crippen LogP contribution is 2.28. The van der Waals surface area contributed by atoms with Crippen molar-refractivity contribution in [2.75, 3.05) is 43.6 Å². The number of ether oxygens (including phenoxy) is 1. The van der Waals surface area contributed by atoms with Crippen LogP contribution in [0.3, 0.4) is 0 Å². The van der Waals surface area contributed by atoms with E-state index in [9.17, 15) is 14.9 Å². The molecule has 9 heteroatoms. The maximum Gasteiger partial charge on any atom is 0.270 e. The molecule has 148 valence electrons. The Labute approximate surface area is 171 Å². The molecule has 3 rings (SSSR count). The van der Waals surface area contributed by atoms with Crippen molar-refractivity contribution >= 4 is 38.9 Å². The van der Waals surface area contributed by atoms with E-state index < -0.39 is 4.92 Å². The van der Waals surface area contributed by atoms with Gasteiger partial charge in [0.25, 0.3) is 11.6 Å². The Kier molecular flexibility index (Phi) is 6.48. The fourth-order valence-electron chi connectivity index (χ4n) is 3.10. The molecular formula is C19H21BrN4O4. The maximum absolute atomic E-state index is 12.2. The van der Waals surface area contributed by atoms with Gasteiger partial charge in [0.15, 0.2) is 0 Å². The number of carbonyl (C=O) groups excluding carboxylic acids is 1. The lowest BCUT2D eigenvalue weighted by Crippen LogP contribution is -2.37. The van der Waals surface area contributed by atoms with E-state index in [-0.39, 0.29) is 17.2 Å². The van der Waals surface area contributed by atoms with E-state index in [1.165, 1.54) is 19.2 Å². The monoisotopic (exact) mass is 448 g/mol. The van der Waals surface area contributed by atoms with Crippen LogP contribution in [0.4, 0.5) is 17.1 Å². The van der Waals surface area contributed by atoms with Gasteiger partial charge in [-0.2, -0.15) is 0 Å². The summed E-state index contributed by atoms with van der Waals surface area (Å²) >= 11 is 3.53. The van der Waals surface area contributed by atoms with Crippen LogP contribution in [-0.4, -0.2) is 44.2 Å². The van der Waals surface area contributed by atoms with Gasteiger partial charge < -0.3 is 20.3 Å². The molecule has 0 radical (unpaired) electrons. The Hall–Kier alpha value is -2.65. The molecule has 1 amide bonds. The number of rotatable bonds is 6. The van der Waals surface area contributed by atoms with Gasteiger partial charge in [-0.3, -0.25) is 14.9 Å². The van der Waals surface area contributed by atoms with Crippen LogP contribution in [-0.2, 0) is 11.3 Å². The van der Waals surface area contributed by atoms with Gasteiger partial charge >= 0.3 is 0 Å². The number of nitrogens with zero attached hydrogens (tertiary/aromatic N) is 2. The summed E-state index contributed by atoms with van der Waals surface area (Å²) in [5.41, 5.74) is 2.81. The summed E-state index contributed by atoms with van der Waals surface area (Å²) < 4.78 is 6.42. The van der Waals surface area contributed by atoms with E-state index in [1.807, 2.05) is 12.1 Å². The minimum Gasteiger partial charge on any atom is -0.380 e. The number of halogens is 1. The molecule has 0 saturated carbocycles. The highest BCUT2D eigenvalue weighted by molar-refractivity contribution is 9.10.